The molecule has 2 aromatic rings. The minimum absolute atomic E-state index is 0.0638. The molecule has 0 saturated heterocycles. The van der Waals surface area contributed by atoms with Crippen molar-refractivity contribution in [1.82, 2.24) is 10.1 Å². The zero-order chi connectivity index (χ0) is 9.97. The molecule has 0 unspecified atom stereocenters. The molecule has 3 nitrogen and oxygen atoms in total. The van der Waals surface area contributed by atoms with Crippen LogP contribution in [0.2, 0.25) is 5.35 Å². The van der Waals surface area contributed by atoms with Crippen LogP contribution in [0, 0.1) is 0 Å². The van der Waals surface area contributed by atoms with Crippen molar-refractivity contribution in [1.29, 1.82) is 0 Å². The fraction of sp³-hybridized carbons (Fsp3) is 0.111. The van der Waals surface area contributed by atoms with E-state index in [2.05, 4.69) is 14.7 Å². The Morgan fingerprint density at radius 1 is 1.29 bits per heavy atom. The number of benzene rings is 1. The molecule has 0 aliphatic rings. The number of hydrogen-bond acceptors (Lipinski definition) is 4. The monoisotopic (exact) mass is 226 g/mol. The molecule has 0 bridgehead atoms. The Labute approximate surface area is 90.5 Å². The first kappa shape index (κ1) is 9.55. The molecule has 0 fully saturated rings. The zero-order valence-electron chi connectivity index (χ0n) is 7.40. The van der Waals surface area contributed by atoms with E-state index in [1.54, 1.807) is 11.8 Å². The summed E-state index contributed by atoms with van der Waals surface area (Å²) in [6.07, 6.45) is 2.03. The van der Waals surface area contributed by atoms with E-state index in [1.165, 1.54) is 4.90 Å². The van der Waals surface area contributed by atoms with Gasteiger partial charge in [-0.3, -0.25) is 0 Å². The molecule has 0 aliphatic heterocycles. The number of halogens is 1. The molecule has 0 atom stereocenters. The van der Waals surface area contributed by atoms with Crippen LogP contribution in [0.1, 0.15) is 0 Å². The number of nitrogens with zero attached hydrogens (tertiary/aromatic N) is 2. The summed E-state index contributed by atoms with van der Waals surface area (Å²) in [5.74, 6) is 0.516. The lowest BCUT2D eigenvalue weighted by Gasteiger charge is -1.96. The molecule has 5 heteroatoms. The van der Waals surface area contributed by atoms with Crippen molar-refractivity contribution in [2.45, 2.75) is 4.90 Å². The van der Waals surface area contributed by atoms with E-state index in [-0.39, 0.29) is 5.35 Å². The average Bonchev–Trinajstić information content (AvgIpc) is 2.65. The molecular weight excluding hydrogens is 220 g/mol. The van der Waals surface area contributed by atoms with Gasteiger partial charge in [0, 0.05) is 10.5 Å². The van der Waals surface area contributed by atoms with Gasteiger partial charge in [0.15, 0.2) is 0 Å². The number of rotatable bonds is 2. The average molecular weight is 227 g/mol. The highest BCUT2D eigenvalue weighted by Crippen LogP contribution is 2.21. The molecule has 1 heterocycles. The van der Waals surface area contributed by atoms with Gasteiger partial charge in [0.05, 0.1) is 0 Å². The van der Waals surface area contributed by atoms with Crippen molar-refractivity contribution >= 4 is 23.4 Å². The summed E-state index contributed by atoms with van der Waals surface area (Å²) in [7, 11) is 0. The predicted molar refractivity (Wildman–Crippen MR) is 56.5 cm³/mol. The van der Waals surface area contributed by atoms with Crippen molar-refractivity contribution in [3.8, 4) is 11.4 Å². The van der Waals surface area contributed by atoms with Gasteiger partial charge in [0.2, 0.25) is 5.82 Å². The van der Waals surface area contributed by atoms with Crippen LogP contribution in [-0.4, -0.2) is 16.4 Å². The lowest BCUT2D eigenvalue weighted by Crippen LogP contribution is -1.79. The van der Waals surface area contributed by atoms with E-state index in [0.29, 0.717) is 5.82 Å². The second-order valence-corrected chi connectivity index (χ2v) is 3.80. The SMILES string of the molecule is CSc1ccc(-c2noc(Cl)n2)cc1. The Bertz CT molecular complexity index is 427. The Kier molecular flexibility index (Phi) is 2.74. The molecule has 0 saturated carbocycles. The van der Waals surface area contributed by atoms with E-state index in [0.717, 1.165) is 5.56 Å². The van der Waals surface area contributed by atoms with Crippen molar-refractivity contribution < 1.29 is 4.52 Å². The van der Waals surface area contributed by atoms with E-state index in [4.69, 9.17) is 11.6 Å². The van der Waals surface area contributed by atoms with Crippen LogP contribution >= 0.6 is 23.4 Å². The summed E-state index contributed by atoms with van der Waals surface area (Å²) in [5, 5.41) is 3.78. The first-order chi connectivity index (χ1) is 6.79. The van der Waals surface area contributed by atoms with Gasteiger partial charge in [-0.1, -0.05) is 5.16 Å². The molecule has 1 aromatic carbocycles. The molecule has 0 spiro atoms. The molecule has 14 heavy (non-hydrogen) atoms. The Hall–Kier alpha value is -1.00. The van der Waals surface area contributed by atoms with Gasteiger partial charge in [-0.05, 0) is 42.1 Å². The minimum atomic E-state index is 0.0638. The Morgan fingerprint density at radius 2 is 2.00 bits per heavy atom. The van der Waals surface area contributed by atoms with Crippen LogP contribution < -0.4 is 0 Å². The minimum Gasteiger partial charge on any atom is -0.321 e. The van der Waals surface area contributed by atoms with E-state index in [1.807, 2.05) is 30.5 Å². The van der Waals surface area contributed by atoms with Crippen molar-refractivity contribution in [3.05, 3.63) is 29.6 Å². The third kappa shape index (κ3) is 1.91. The summed E-state index contributed by atoms with van der Waals surface area (Å²) in [4.78, 5) is 5.11. The maximum Gasteiger partial charge on any atom is 0.320 e. The third-order valence-electron chi connectivity index (χ3n) is 1.75. The van der Waals surface area contributed by atoms with Gasteiger partial charge in [-0.2, -0.15) is 4.98 Å². The zero-order valence-corrected chi connectivity index (χ0v) is 8.97. The quantitative estimate of drug-likeness (QED) is 0.738. The fourth-order valence-corrected chi connectivity index (χ4v) is 1.59. The lowest BCUT2D eigenvalue weighted by atomic mass is 10.2. The van der Waals surface area contributed by atoms with Gasteiger partial charge in [-0.25, -0.2) is 0 Å². The normalized spacial score (nSPS) is 10.4. The van der Waals surface area contributed by atoms with Crippen molar-refractivity contribution in [2.75, 3.05) is 6.26 Å². The van der Waals surface area contributed by atoms with Crippen LogP contribution in [0.15, 0.2) is 33.7 Å². The Balaban J connectivity index is 2.33. The summed E-state index contributed by atoms with van der Waals surface area (Å²) < 4.78 is 4.67. The first-order valence-electron chi connectivity index (χ1n) is 3.93. The summed E-state index contributed by atoms with van der Waals surface area (Å²) in [5.41, 5.74) is 0.901. The van der Waals surface area contributed by atoms with Gasteiger partial charge >= 0.3 is 5.35 Å². The van der Waals surface area contributed by atoms with Crippen molar-refractivity contribution in [2.24, 2.45) is 0 Å². The maximum atomic E-state index is 5.52. The van der Waals surface area contributed by atoms with Crippen LogP contribution in [0.5, 0.6) is 0 Å². The van der Waals surface area contributed by atoms with E-state index >= 15 is 0 Å². The highest BCUT2D eigenvalue weighted by atomic mass is 35.5. The molecule has 1 aromatic heterocycles. The van der Waals surface area contributed by atoms with E-state index in [9.17, 15) is 0 Å². The second kappa shape index (κ2) is 4.02. The molecule has 0 aliphatic carbocycles. The summed E-state index contributed by atoms with van der Waals surface area (Å²) in [6, 6.07) is 7.88. The maximum absolute atomic E-state index is 5.52. The molecule has 0 N–H and O–H groups in total. The second-order valence-electron chi connectivity index (χ2n) is 2.60. The van der Waals surface area contributed by atoms with Crippen LogP contribution in [-0.2, 0) is 0 Å². The number of aromatic nitrogens is 2. The standard InChI is InChI=1S/C9H7ClN2OS/c1-14-7-4-2-6(3-5-7)8-11-9(10)13-12-8/h2-5H,1H3. The van der Waals surface area contributed by atoms with Gasteiger partial charge in [0.1, 0.15) is 0 Å². The largest absolute Gasteiger partial charge is 0.321 e. The van der Waals surface area contributed by atoms with E-state index < -0.39 is 0 Å². The van der Waals surface area contributed by atoms with Crippen LogP contribution in [0.4, 0.5) is 0 Å². The molecule has 2 rings (SSSR count). The van der Waals surface area contributed by atoms with Gasteiger partial charge in [0.25, 0.3) is 0 Å². The topological polar surface area (TPSA) is 38.9 Å². The lowest BCUT2D eigenvalue weighted by molar-refractivity contribution is 0.421. The van der Waals surface area contributed by atoms with Gasteiger partial charge in [-0.15, -0.1) is 11.8 Å². The predicted octanol–water partition coefficient (Wildman–Crippen LogP) is 3.11. The Morgan fingerprint density at radius 3 is 2.50 bits per heavy atom. The molecule has 0 amide bonds. The summed E-state index contributed by atoms with van der Waals surface area (Å²) in [6.45, 7) is 0. The van der Waals surface area contributed by atoms with Crippen molar-refractivity contribution in [3.63, 3.8) is 0 Å². The summed E-state index contributed by atoms with van der Waals surface area (Å²) >= 11 is 7.21. The highest BCUT2D eigenvalue weighted by Gasteiger charge is 2.05. The van der Waals surface area contributed by atoms with Gasteiger partial charge < -0.3 is 4.52 Å². The van der Waals surface area contributed by atoms with Crippen LogP contribution in [0.25, 0.3) is 11.4 Å². The number of thioether (sulfide) groups is 1. The van der Waals surface area contributed by atoms with Crippen LogP contribution in [0.3, 0.4) is 0 Å². The number of hydrogen-bond donors (Lipinski definition) is 0. The molecule has 0 radical (unpaired) electrons. The molecule has 72 valence electrons. The first-order valence-corrected chi connectivity index (χ1v) is 5.53. The molecular formula is C9H7ClN2OS. The fourth-order valence-electron chi connectivity index (χ4n) is 1.06. The highest BCUT2D eigenvalue weighted by molar-refractivity contribution is 7.98. The third-order valence-corrected chi connectivity index (χ3v) is 2.65. The smallest absolute Gasteiger partial charge is 0.320 e.